The summed E-state index contributed by atoms with van der Waals surface area (Å²) >= 11 is 13.3. The van der Waals surface area contributed by atoms with Crippen LogP contribution in [0.2, 0.25) is 10.0 Å². The first-order valence-corrected chi connectivity index (χ1v) is 13.8. The van der Waals surface area contributed by atoms with E-state index in [9.17, 15) is 9.59 Å². The van der Waals surface area contributed by atoms with E-state index in [1.165, 1.54) is 18.8 Å². The van der Waals surface area contributed by atoms with E-state index >= 15 is 0 Å². The lowest BCUT2D eigenvalue weighted by Crippen LogP contribution is -2.30. The molecular formula is C28H34Cl2N6O5. The van der Waals surface area contributed by atoms with Crippen LogP contribution in [-0.4, -0.2) is 97.9 Å². The van der Waals surface area contributed by atoms with Gasteiger partial charge in [-0.15, -0.1) is 0 Å². The van der Waals surface area contributed by atoms with Crippen molar-refractivity contribution in [3.8, 4) is 22.6 Å². The monoisotopic (exact) mass is 604 g/mol. The van der Waals surface area contributed by atoms with Crippen molar-refractivity contribution in [2.24, 2.45) is 0 Å². The second kappa shape index (κ2) is 13.5. The summed E-state index contributed by atoms with van der Waals surface area (Å²) in [6.07, 6.45) is 5.64. The summed E-state index contributed by atoms with van der Waals surface area (Å²) in [5.74, 6) is 0.962. The quantitative estimate of drug-likeness (QED) is 0.328. The number of ether oxygens (including phenoxy) is 3. The molecule has 1 aliphatic heterocycles. The van der Waals surface area contributed by atoms with Gasteiger partial charge in [0.15, 0.2) is 0 Å². The standard InChI is InChI=1S/C28H34Cl2N6O5/c1-31-28-32-15-17-13-19(23-24(29)20(39-4)14-21(40-5)25(23)30)27(38)36(26(17)33-28)11-12-41-18-8-10-35(16-18)22(37)7-6-9-34(2)3/h6-7,13-15,18H,8-12,16H2,1-5H3,(H,31,32,33)/b7-6+. The number of carbonyl (C=O) groups excluding carboxylic acids is 1. The van der Waals surface area contributed by atoms with E-state index in [1.54, 1.807) is 36.4 Å². The number of likely N-dealkylation sites (N-methyl/N-ethyl adjacent to an activating group) is 1. The number of methoxy groups -OCH3 is 2. The third kappa shape index (κ3) is 6.75. The summed E-state index contributed by atoms with van der Waals surface area (Å²) in [4.78, 5) is 39.1. The van der Waals surface area contributed by atoms with Crippen LogP contribution in [0, 0.1) is 0 Å². The van der Waals surface area contributed by atoms with Crippen LogP contribution >= 0.6 is 23.2 Å². The summed E-state index contributed by atoms with van der Waals surface area (Å²) in [5.41, 5.74) is 0.594. The number of nitrogens with zero attached hydrogens (tertiary/aromatic N) is 5. The topological polar surface area (TPSA) is 111 Å². The number of likely N-dealkylation sites (tertiary alicyclic amines) is 1. The van der Waals surface area contributed by atoms with Crippen molar-refractivity contribution < 1.29 is 19.0 Å². The van der Waals surface area contributed by atoms with E-state index in [4.69, 9.17) is 37.4 Å². The first kappa shape index (κ1) is 30.6. The molecule has 0 aliphatic carbocycles. The van der Waals surface area contributed by atoms with Crippen molar-refractivity contribution in [1.82, 2.24) is 24.3 Å². The van der Waals surface area contributed by atoms with E-state index in [-0.39, 0.29) is 51.9 Å². The van der Waals surface area contributed by atoms with Crippen molar-refractivity contribution in [2.45, 2.75) is 19.1 Å². The molecule has 0 saturated carbocycles. The lowest BCUT2D eigenvalue weighted by molar-refractivity contribution is -0.125. The van der Waals surface area contributed by atoms with E-state index in [0.29, 0.717) is 54.5 Å². The number of rotatable bonds is 11. The minimum absolute atomic E-state index is 0.0355. The third-order valence-electron chi connectivity index (χ3n) is 6.75. The normalized spacial score (nSPS) is 15.3. The number of hydrogen-bond acceptors (Lipinski definition) is 9. The maximum absolute atomic E-state index is 14.0. The van der Waals surface area contributed by atoms with Crippen LogP contribution in [0.3, 0.4) is 0 Å². The van der Waals surface area contributed by atoms with Gasteiger partial charge in [0, 0.05) is 56.0 Å². The van der Waals surface area contributed by atoms with Crippen LogP contribution < -0.4 is 20.3 Å². The van der Waals surface area contributed by atoms with Crippen molar-refractivity contribution in [2.75, 3.05) is 66.9 Å². The zero-order chi connectivity index (χ0) is 29.7. The summed E-state index contributed by atoms with van der Waals surface area (Å²) in [6, 6.07) is 3.22. The number of aromatic nitrogens is 3. The highest BCUT2D eigenvalue weighted by Crippen LogP contribution is 2.45. The Hall–Kier alpha value is -3.38. The van der Waals surface area contributed by atoms with Crippen LogP contribution in [0.15, 0.2) is 35.3 Å². The Morgan fingerprint density at radius 1 is 1.20 bits per heavy atom. The van der Waals surface area contributed by atoms with E-state index in [1.807, 2.05) is 25.1 Å². The molecule has 0 radical (unpaired) electrons. The molecule has 41 heavy (non-hydrogen) atoms. The molecule has 1 N–H and O–H groups in total. The van der Waals surface area contributed by atoms with Gasteiger partial charge in [0.25, 0.3) is 5.56 Å². The first-order valence-electron chi connectivity index (χ1n) is 13.1. The predicted octanol–water partition coefficient (Wildman–Crippen LogP) is 3.56. The molecule has 1 unspecified atom stereocenters. The molecule has 220 valence electrons. The van der Waals surface area contributed by atoms with Crippen LogP contribution in [-0.2, 0) is 16.1 Å². The van der Waals surface area contributed by atoms with Crippen LogP contribution in [0.25, 0.3) is 22.2 Å². The average Bonchev–Trinajstić information content (AvgIpc) is 3.43. The largest absolute Gasteiger partial charge is 0.495 e. The average molecular weight is 606 g/mol. The van der Waals surface area contributed by atoms with Gasteiger partial charge in [-0.3, -0.25) is 14.2 Å². The zero-order valence-corrected chi connectivity index (χ0v) is 25.3. The molecule has 13 heteroatoms. The Bertz CT molecular complexity index is 1480. The maximum atomic E-state index is 14.0. The Kier molecular flexibility index (Phi) is 10.1. The number of hydrogen-bond donors (Lipinski definition) is 1. The molecule has 3 heterocycles. The number of halogens is 2. The molecular weight excluding hydrogens is 571 g/mol. The fraction of sp³-hybridized carbons (Fsp3) is 0.429. The number of nitrogens with one attached hydrogen (secondary N) is 1. The van der Waals surface area contributed by atoms with Crippen molar-refractivity contribution in [1.29, 1.82) is 0 Å². The van der Waals surface area contributed by atoms with Crippen molar-refractivity contribution >= 4 is 46.1 Å². The van der Waals surface area contributed by atoms with E-state index in [0.717, 1.165) is 0 Å². The highest BCUT2D eigenvalue weighted by atomic mass is 35.5. The second-order valence-corrected chi connectivity index (χ2v) is 10.5. The molecule has 1 saturated heterocycles. The smallest absolute Gasteiger partial charge is 0.260 e. The SMILES string of the molecule is CNc1ncc2cc(-c3c(Cl)c(OC)cc(OC)c3Cl)c(=O)n(CCOC3CCN(C(=O)/C=C/CN(C)C)C3)c2n1. The van der Waals surface area contributed by atoms with Gasteiger partial charge in [0.2, 0.25) is 11.9 Å². The molecule has 2 aromatic heterocycles. The van der Waals surface area contributed by atoms with Crippen molar-refractivity contribution in [3.63, 3.8) is 0 Å². The highest BCUT2D eigenvalue weighted by molar-refractivity contribution is 6.41. The van der Waals surface area contributed by atoms with E-state index in [2.05, 4.69) is 15.3 Å². The lowest BCUT2D eigenvalue weighted by atomic mass is 10.0. The van der Waals surface area contributed by atoms with Gasteiger partial charge in [0.1, 0.15) is 17.1 Å². The summed E-state index contributed by atoms with van der Waals surface area (Å²) in [6.45, 7) is 2.22. The van der Waals surface area contributed by atoms with Gasteiger partial charge in [0.05, 0.1) is 49.1 Å². The number of pyridine rings is 1. The Balaban J connectivity index is 1.62. The molecule has 0 bridgehead atoms. The minimum Gasteiger partial charge on any atom is -0.495 e. The molecule has 0 spiro atoms. The molecule has 1 aromatic carbocycles. The first-order chi connectivity index (χ1) is 19.7. The van der Waals surface area contributed by atoms with E-state index < -0.39 is 0 Å². The molecule has 1 aliphatic rings. The van der Waals surface area contributed by atoms with Crippen LogP contribution in [0.5, 0.6) is 11.5 Å². The summed E-state index contributed by atoms with van der Waals surface area (Å²) in [7, 11) is 8.53. The Labute approximate surface area is 248 Å². The lowest BCUT2D eigenvalue weighted by Gasteiger charge is -2.18. The number of benzene rings is 1. The third-order valence-corrected chi connectivity index (χ3v) is 7.50. The van der Waals surface area contributed by atoms with Gasteiger partial charge in [-0.2, -0.15) is 4.98 Å². The van der Waals surface area contributed by atoms with Gasteiger partial charge >= 0.3 is 0 Å². The Morgan fingerprint density at radius 2 is 1.90 bits per heavy atom. The molecule has 3 aromatic rings. The Morgan fingerprint density at radius 3 is 2.54 bits per heavy atom. The fourth-order valence-corrected chi connectivity index (χ4v) is 5.34. The minimum atomic E-state index is -0.366. The van der Waals surface area contributed by atoms with Gasteiger partial charge < -0.3 is 29.3 Å². The molecule has 1 amide bonds. The number of amides is 1. The summed E-state index contributed by atoms with van der Waals surface area (Å²) < 4.78 is 18.5. The van der Waals surface area contributed by atoms with Crippen LogP contribution in [0.1, 0.15) is 6.42 Å². The molecule has 4 rings (SSSR count). The maximum Gasteiger partial charge on any atom is 0.260 e. The van der Waals surface area contributed by atoms with Gasteiger partial charge in [-0.25, -0.2) is 4.98 Å². The van der Waals surface area contributed by atoms with Gasteiger partial charge in [-0.1, -0.05) is 29.3 Å². The van der Waals surface area contributed by atoms with Crippen LogP contribution in [0.4, 0.5) is 5.95 Å². The second-order valence-electron chi connectivity index (χ2n) is 9.75. The zero-order valence-electron chi connectivity index (χ0n) is 23.7. The fourth-order valence-electron chi connectivity index (χ4n) is 4.63. The van der Waals surface area contributed by atoms with Gasteiger partial charge in [-0.05, 0) is 26.6 Å². The predicted molar refractivity (Wildman–Crippen MR) is 161 cm³/mol. The number of fused-ring (bicyclic) bond motifs is 1. The molecule has 1 fully saturated rings. The highest BCUT2D eigenvalue weighted by Gasteiger charge is 2.26. The van der Waals surface area contributed by atoms with Crippen molar-refractivity contribution in [3.05, 3.63) is 50.9 Å². The molecule has 11 nitrogen and oxygen atoms in total. The number of anilines is 1. The molecule has 1 atom stereocenters. The summed E-state index contributed by atoms with van der Waals surface area (Å²) in [5, 5.41) is 3.88. The number of carbonyl (C=O) groups is 1.